The Morgan fingerprint density at radius 2 is 1.24 bits per heavy atom. The first-order valence-electron chi connectivity index (χ1n) is 11.3. The predicted octanol–water partition coefficient (Wildman–Crippen LogP) is 8.25. The van der Waals surface area contributed by atoms with E-state index in [1.807, 2.05) is 48.5 Å². The summed E-state index contributed by atoms with van der Waals surface area (Å²) in [5.74, 6) is 1.07. The largest absolute Gasteiger partial charge is 0.426 e. The molecule has 0 saturated carbocycles. The van der Waals surface area contributed by atoms with Gasteiger partial charge in [-0.15, -0.1) is 11.8 Å². The van der Waals surface area contributed by atoms with E-state index in [2.05, 4.69) is 72.8 Å². The summed E-state index contributed by atoms with van der Waals surface area (Å²) in [6.07, 6.45) is 4.63. The second kappa shape index (κ2) is 10.4. The average molecular weight is 461 g/mol. The summed E-state index contributed by atoms with van der Waals surface area (Å²) >= 11 is 1.66. The van der Waals surface area contributed by atoms with Gasteiger partial charge in [-0.2, -0.15) is 0 Å². The van der Waals surface area contributed by atoms with Gasteiger partial charge >= 0.3 is 5.97 Å². The fourth-order valence-corrected chi connectivity index (χ4v) is 4.72. The van der Waals surface area contributed by atoms with Gasteiger partial charge < -0.3 is 4.74 Å². The first kappa shape index (κ1) is 22.0. The molecule has 5 aromatic rings. The lowest BCUT2D eigenvalue weighted by molar-refractivity contribution is -0.133. The molecule has 0 aliphatic rings. The summed E-state index contributed by atoms with van der Waals surface area (Å²) in [6.45, 7) is 0. The molecule has 5 rings (SSSR count). The van der Waals surface area contributed by atoms with Crippen molar-refractivity contribution in [2.45, 2.75) is 11.3 Å². The molecule has 166 valence electrons. The van der Waals surface area contributed by atoms with Crippen molar-refractivity contribution in [2.75, 3.05) is 5.75 Å². The van der Waals surface area contributed by atoms with E-state index in [0.29, 0.717) is 17.9 Å². The highest BCUT2D eigenvalue weighted by molar-refractivity contribution is 7.99. The fraction of sp³-hybridized carbons (Fsp3) is 0.0645. The average Bonchev–Trinajstić information content (AvgIpc) is 2.88. The van der Waals surface area contributed by atoms with E-state index in [0.717, 1.165) is 21.2 Å². The van der Waals surface area contributed by atoms with Crippen LogP contribution >= 0.6 is 11.8 Å². The number of hydrogen-bond donors (Lipinski definition) is 0. The minimum absolute atomic E-state index is 0.210. The van der Waals surface area contributed by atoms with Crippen molar-refractivity contribution in [2.24, 2.45) is 0 Å². The van der Waals surface area contributed by atoms with E-state index >= 15 is 0 Å². The minimum Gasteiger partial charge on any atom is -0.426 e. The van der Waals surface area contributed by atoms with E-state index in [4.69, 9.17) is 4.74 Å². The van der Waals surface area contributed by atoms with Gasteiger partial charge in [-0.1, -0.05) is 84.9 Å². The van der Waals surface area contributed by atoms with Gasteiger partial charge in [0.1, 0.15) is 5.75 Å². The molecule has 0 heterocycles. The third-order valence-electron chi connectivity index (χ3n) is 5.63. The van der Waals surface area contributed by atoms with Crippen LogP contribution in [0, 0.1) is 0 Å². The summed E-state index contributed by atoms with van der Waals surface area (Å²) in [5.41, 5.74) is 2.30. The highest BCUT2D eigenvalue weighted by Gasteiger charge is 2.07. The normalized spacial score (nSPS) is 11.3. The van der Waals surface area contributed by atoms with Gasteiger partial charge in [-0.25, -0.2) is 0 Å². The van der Waals surface area contributed by atoms with Gasteiger partial charge in [0.05, 0.1) is 6.42 Å². The number of ether oxygens (including phenoxy) is 1. The zero-order valence-corrected chi connectivity index (χ0v) is 19.5. The maximum Gasteiger partial charge on any atom is 0.312 e. The summed E-state index contributed by atoms with van der Waals surface area (Å²) < 4.78 is 5.56. The Hall–Kier alpha value is -3.82. The Morgan fingerprint density at radius 1 is 0.647 bits per heavy atom. The molecule has 0 spiro atoms. The van der Waals surface area contributed by atoms with E-state index in [1.54, 1.807) is 11.8 Å². The first-order valence-corrected chi connectivity index (χ1v) is 12.3. The van der Waals surface area contributed by atoms with Crippen LogP contribution in [-0.4, -0.2) is 11.7 Å². The topological polar surface area (TPSA) is 26.3 Å². The van der Waals surface area contributed by atoms with Crippen molar-refractivity contribution in [3.8, 4) is 5.75 Å². The molecule has 0 fully saturated rings. The van der Waals surface area contributed by atoms with Crippen LogP contribution in [0.1, 0.15) is 17.5 Å². The second-order valence-electron chi connectivity index (χ2n) is 8.09. The standard InChI is InChI=1S/C31H24O2S/c32-31(18-19-34-30-8-2-1-3-9-30)33-29-17-16-27-21-24(13-15-28(27)22-29)11-10-23-12-14-25-6-4-5-7-26(25)20-23/h1-17,20-22H,18-19H2. The number of rotatable bonds is 7. The molecule has 0 bridgehead atoms. The predicted molar refractivity (Wildman–Crippen MR) is 144 cm³/mol. The molecule has 34 heavy (non-hydrogen) atoms. The number of carbonyl (C=O) groups is 1. The fourth-order valence-electron chi connectivity index (χ4n) is 3.86. The van der Waals surface area contributed by atoms with Gasteiger partial charge in [0.2, 0.25) is 0 Å². The van der Waals surface area contributed by atoms with Gasteiger partial charge in [0, 0.05) is 10.6 Å². The number of thioether (sulfide) groups is 1. The summed E-state index contributed by atoms with van der Waals surface area (Å²) in [5, 5.41) is 4.65. The van der Waals surface area contributed by atoms with Crippen LogP contribution in [0.15, 0.2) is 114 Å². The maximum absolute atomic E-state index is 12.2. The van der Waals surface area contributed by atoms with Gasteiger partial charge in [-0.05, 0) is 69.1 Å². The quantitative estimate of drug-likeness (QED) is 0.106. The molecule has 0 aromatic heterocycles. The number of hydrogen-bond acceptors (Lipinski definition) is 3. The molecule has 3 heteroatoms. The molecule has 0 saturated heterocycles. The second-order valence-corrected chi connectivity index (χ2v) is 9.26. The molecule has 0 atom stereocenters. The molecule has 0 amide bonds. The van der Waals surface area contributed by atoms with E-state index in [-0.39, 0.29) is 5.97 Å². The van der Waals surface area contributed by atoms with Crippen molar-refractivity contribution in [3.63, 3.8) is 0 Å². The summed E-state index contributed by atoms with van der Waals surface area (Å²) in [7, 11) is 0. The van der Waals surface area contributed by atoms with Crippen LogP contribution < -0.4 is 4.74 Å². The van der Waals surface area contributed by atoms with Crippen molar-refractivity contribution >= 4 is 51.4 Å². The summed E-state index contributed by atoms with van der Waals surface area (Å²) in [6, 6.07) is 37.0. The molecular formula is C31H24O2S. The zero-order chi connectivity index (χ0) is 23.2. The number of carbonyl (C=O) groups excluding carboxylic acids is 1. The lowest BCUT2D eigenvalue weighted by atomic mass is 10.0. The van der Waals surface area contributed by atoms with E-state index < -0.39 is 0 Å². The van der Waals surface area contributed by atoms with Crippen molar-refractivity contribution in [1.29, 1.82) is 0 Å². The molecular weight excluding hydrogens is 436 g/mol. The Labute approximate surface area is 203 Å². The third kappa shape index (κ3) is 5.56. The lowest BCUT2D eigenvalue weighted by Crippen LogP contribution is -2.08. The third-order valence-corrected chi connectivity index (χ3v) is 6.64. The van der Waals surface area contributed by atoms with Crippen LogP contribution in [-0.2, 0) is 4.79 Å². The Morgan fingerprint density at radius 3 is 2.00 bits per heavy atom. The minimum atomic E-state index is -0.210. The van der Waals surface area contributed by atoms with Gasteiger partial charge in [0.15, 0.2) is 0 Å². The molecule has 5 aromatic carbocycles. The van der Waals surface area contributed by atoms with E-state index in [1.165, 1.54) is 16.3 Å². The van der Waals surface area contributed by atoms with Crippen LogP contribution in [0.4, 0.5) is 0 Å². The van der Waals surface area contributed by atoms with Crippen LogP contribution in [0.25, 0.3) is 33.7 Å². The monoisotopic (exact) mass is 460 g/mol. The van der Waals surface area contributed by atoms with Crippen LogP contribution in [0.2, 0.25) is 0 Å². The zero-order valence-electron chi connectivity index (χ0n) is 18.7. The van der Waals surface area contributed by atoms with Crippen LogP contribution in [0.3, 0.4) is 0 Å². The molecule has 0 radical (unpaired) electrons. The Kier molecular flexibility index (Phi) is 6.73. The Balaban J connectivity index is 1.22. The summed E-state index contributed by atoms with van der Waals surface area (Å²) in [4.78, 5) is 13.4. The van der Waals surface area contributed by atoms with Gasteiger partial charge in [-0.3, -0.25) is 4.79 Å². The van der Waals surface area contributed by atoms with Crippen LogP contribution in [0.5, 0.6) is 5.75 Å². The highest BCUT2D eigenvalue weighted by Crippen LogP contribution is 2.24. The highest BCUT2D eigenvalue weighted by atomic mass is 32.2. The molecule has 0 unspecified atom stereocenters. The molecule has 0 N–H and O–H groups in total. The van der Waals surface area contributed by atoms with Gasteiger partial charge in [0.25, 0.3) is 0 Å². The maximum atomic E-state index is 12.2. The lowest BCUT2D eigenvalue weighted by Gasteiger charge is -2.07. The first-order chi connectivity index (χ1) is 16.7. The Bertz CT molecular complexity index is 1470. The SMILES string of the molecule is O=C(CCSc1ccccc1)Oc1ccc2cc(C=Cc3ccc4ccccc4c3)ccc2c1. The number of fused-ring (bicyclic) bond motifs is 2. The number of esters is 1. The van der Waals surface area contributed by atoms with E-state index in [9.17, 15) is 4.79 Å². The van der Waals surface area contributed by atoms with Crippen molar-refractivity contribution in [1.82, 2.24) is 0 Å². The molecule has 0 aliphatic carbocycles. The van der Waals surface area contributed by atoms with Crippen molar-refractivity contribution in [3.05, 3.63) is 120 Å². The number of benzene rings is 5. The van der Waals surface area contributed by atoms with Crippen molar-refractivity contribution < 1.29 is 9.53 Å². The molecule has 2 nitrogen and oxygen atoms in total. The molecule has 0 aliphatic heterocycles. The smallest absolute Gasteiger partial charge is 0.312 e.